The Hall–Kier alpha value is -2.43. The number of amides is 1. The van der Waals surface area contributed by atoms with Crippen molar-refractivity contribution in [3.05, 3.63) is 54.1 Å². The van der Waals surface area contributed by atoms with E-state index in [1.807, 2.05) is 24.3 Å². The summed E-state index contributed by atoms with van der Waals surface area (Å²) >= 11 is 0. The van der Waals surface area contributed by atoms with Crippen LogP contribution in [0.3, 0.4) is 0 Å². The number of anilines is 1. The quantitative estimate of drug-likeness (QED) is 0.785. The number of rotatable bonds is 4. The van der Waals surface area contributed by atoms with Gasteiger partial charge in [0.05, 0.1) is 6.20 Å². The highest BCUT2D eigenvalue weighted by Gasteiger charge is 2.05. The number of nitrogens with one attached hydrogen (secondary N) is 1. The summed E-state index contributed by atoms with van der Waals surface area (Å²) in [5, 5.41) is 2.79. The lowest BCUT2D eigenvalue weighted by atomic mass is 10.1. The van der Waals surface area contributed by atoms with Crippen molar-refractivity contribution in [1.82, 2.24) is 15.3 Å². The Bertz CT molecular complexity index is 510. The summed E-state index contributed by atoms with van der Waals surface area (Å²) in [6.07, 6.45) is 5.23. The predicted molar refractivity (Wildman–Crippen MR) is 68.9 cm³/mol. The van der Waals surface area contributed by atoms with Gasteiger partial charge in [-0.1, -0.05) is 12.1 Å². The lowest BCUT2D eigenvalue weighted by Gasteiger charge is -2.04. The molecular weight excluding hydrogens is 228 g/mol. The van der Waals surface area contributed by atoms with Gasteiger partial charge in [0.15, 0.2) is 0 Å². The van der Waals surface area contributed by atoms with Gasteiger partial charge >= 0.3 is 0 Å². The topological polar surface area (TPSA) is 80.9 Å². The normalized spacial score (nSPS) is 10.0. The van der Waals surface area contributed by atoms with Gasteiger partial charge in [-0.2, -0.15) is 0 Å². The van der Waals surface area contributed by atoms with E-state index >= 15 is 0 Å². The molecule has 0 fully saturated rings. The number of nitrogens with two attached hydrogens (primary N) is 1. The molecule has 1 heterocycles. The second-order valence-corrected chi connectivity index (χ2v) is 3.84. The number of benzene rings is 1. The molecule has 1 aromatic carbocycles. The van der Waals surface area contributed by atoms with Gasteiger partial charge in [-0.05, 0) is 24.1 Å². The molecule has 0 bridgehead atoms. The van der Waals surface area contributed by atoms with Crippen LogP contribution in [0.1, 0.15) is 16.1 Å². The second-order valence-electron chi connectivity index (χ2n) is 3.84. The van der Waals surface area contributed by atoms with Crippen molar-refractivity contribution >= 4 is 11.6 Å². The van der Waals surface area contributed by atoms with Crippen LogP contribution in [0.25, 0.3) is 0 Å². The van der Waals surface area contributed by atoms with Crippen LogP contribution >= 0.6 is 0 Å². The zero-order chi connectivity index (χ0) is 12.8. The van der Waals surface area contributed by atoms with Gasteiger partial charge in [0.1, 0.15) is 5.69 Å². The fourth-order valence-electron chi connectivity index (χ4n) is 1.51. The van der Waals surface area contributed by atoms with Crippen LogP contribution in [0.15, 0.2) is 42.9 Å². The Kier molecular flexibility index (Phi) is 3.86. The van der Waals surface area contributed by atoms with E-state index in [1.54, 1.807) is 0 Å². The highest BCUT2D eigenvalue weighted by molar-refractivity contribution is 5.91. The Morgan fingerprint density at radius 3 is 2.67 bits per heavy atom. The monoisotopic (exact) mass is 242 g/mol. The van der Waals surface area contributed by atoms with Crippen LogP contribution in [0.2, 0.25) is 0 Å². The highest BCUT2D eigenvalue weighted by Crippen LogP contribution is 2.05. The Labute approximate surface area is 105 Å². The van der Waals surface area contributed by atoms with Crippen LogP contribution in [0, 0.1) is 0 Å². The Morgan fingerprint density at radius 1 is 1.22 bits per heavy atom. The molecular formula is C13H14N4O. The molecule has 1 amide bonds. The third-order valence-electron chi connectivity index (χ3n) is 2.47. The molecule has 5 heteroatoms. The van der Waals surface area contributed by atoms with Crippen molar-refractivity contribution < 1.29 is 4.79 Å². The second kappa shape index (κ2) is 5.77. The summed E-state index contributed by atoms with van der Waals surface area (Å²) in [7, 11) is 0. The minimum absolute atomic E-state index is 0.210. The number of nitrogen functional groups attached to an aromatic ring is 1. The van der Waals surface area contributed by atoms with Crippen molar-refractivity contribution in [1.29, 1.82) is 0 Å². The van der Waals surface area contributed by atoms with E-state index in [1.165, 1.54) is 18.6 Å². The van der Waals surface area contributed by atoms with Crippen molar-refractivity contribution in [3.8, 4) is 0 Å². The standard InChI is InChI=1S/C13H14N4O/c14-11-3-1-10(2-4-11)5-6-17-13(18)12-9-15-7-8-16-12/h1-4,7-9H,5-6,14H2,(H,17,18). The van der Waals surface area contributed by atoms with Gasteiger partial charge in [-0.3, -0.25) is 9.78 Å². The van der Waals surface area contributed by atoms with Gasteiger partial charge in [0.2, 0.25) is 0 Å². The van der Waals surface area contributed by atoms with E-state index in [-0.39, 0.29) is 5.91 Å². The molecule has 2 aromatic rings. The average molecular weight is 242 g/mol. The van der Waals surface area contributed by atoms with Gasteiger partial charge in [0, 0.05) is 24.6 Å². The number of carbonyl (C=O) groups is 1. The van der Waals surface area contributed by atoms with E-state index in [4.69, 9.17) is 5.73 Å². The molecule has 0 aliphatic carbocycles. The third kappa shape index (κ3) is 3.28. The van der Waals surface area contributed by atoms with E-state index in [2.05, 4.69) is 15.3 Å². The SMILES string of the molecule is Nc1ccc(CCNC(=O)c2cnccn2)cc1. The van der Waals surface area contributed by atoms with E-state index < -0.39 is 0 Å². The zero-order valence-corrected chi connectivity index (χ0v) is 9.84. The number of hydrogen-bond donors (Lipinski definition) is 2. The molecule has 5 nitrogen and oxygen atoms in total. The maximum atomic E-state index is 11.7. The number of nitrogens with zero attached hydrogens (tertiary/aromatic N) is 2. The predicted octanol–water partition coefficient (Wildman–Crippen LogP) is 1.03. The van der Waals surface area contributed by atoms with Gasteiger partial charge in [0.25, 0.3) is 5.91 Å². The number of carbonyl (C=O) groups excluding carboxylic acids is 1. The molecule has 0 aliphatic rings. The van der Waals surface area contributed by atoms with Crippen LogP contribution in [-0.4, -0.2) is 22.4 Å². The highest BCUT2D eigenvalue weighted by atomic mass is 16.1. The van der Waals surface area contributed by atoms with E-state index in [0.29, 0.717) is 12.2 Å². The van der Waals surface area contributed by atoms with Crippen molar-refractivity contribution in [2.45, 2.75) is 6.42 Å². The van der Waals surface area contributed by atoms with Gasteiger partial charge in [-0.25, -0.2) is 4.98 Å². The smallest absolute Gasteiger partial charge is 0.271 e. The first-order valence-electron chi connectivity index (χ1n) is 5.64. The largest absolute Gasteiger partial charge is 0.399 e. The fraction of sp³-hybridized carbons (Fsp3) is 0.154. The first-order valence-corrected chi connectivity index (χ1v) is 5.64. The van der Waals surface area contributed by atoms with Crippen molar-refractivity contribution in [2.24, 2.45) is 0 Å². The first-order chi connectivity index (χ1) is 8.75. The fourth-order valence-corrected chi connectivity index (χ4v) is 1.51. The number of aromatic nitrogens is 2. The molecule has 0 saturated carbocycles. The molecule has 0 unspecified atom stereocenters. The van der Waals surface area contributed by atoms with Gasteiger partial charge in [-0.15, -0.1) is 0 Å². The summed E-state index contributed by atoms with van der Waals surface area (Å²) in [6.45, 7) is 0.555. The summed E-state index contributed by atoms with van der Waals surface area (Å²) in [5.41, 5.74) is 7.79. The molecule has 18 heavy (non-hydrogen) atoms. The molecule has 0 atom stereocenters. The molecule has 92 valence electrons. The van der Waals surface area contributed by atoms with Crippen LogP contribution in [-0.2, 0) is 6.42 Å². The molecule has 1 aromatic heterocycles. The van der Waals surface area contributed by atoms with E-state index in [0.717, 1.165) is 17.7 Å². The maximum Gasteiger partial charge on any atom is 0.271 e. The van der Waals surface area contributed by atoms with Crippen LogP contribution < -0.4 is 11.1 Å². The number of hydrogen-bond acceptors (Lipinski definition) is 4. The van der Waals surface area contributed by atoms with Crippen LogP contribution in [0.5, 0.6) is 0 Å². The minimum Gasteiger partial charge on any atom is -0.399 e. The average Bonchev–Trinajstić information content (AvgIpc) is 2.42. The first kappa shape index (κ1) is 12.0. The van der Waals surface area contributed by atoms with E-state index in [9.17, 15) is 4.79 Å². The molecule has 3 N–H and O–H groups in total. The molecule has 0 radical (unpaired) electrons. The molecule has 0 aliphatic heterocycles. The summed E-state index contributed by atoms with van der Waals surface area (Å²) < 4.78 is 0. The lowest BCUT2D eigenvalue weighted by Crippen LogP contribution is -2.26. The van der Waals surface area contributed by atoms with Crippen molar-refractivity contribution in [2.75, 3.05) is 12.3 Å². The summed E-state index contributed by atoms with van der Waals surface area (Å²) in [6, 6.07) is 7.59. The molecule has 0 saturated heterocycles. The third-order valence-corrected chi connectivity index (χ3v) is 2.47. The lowest BCUT2D eigenvalue weighted by molar-refractivity contribution is 0.0949. The van der Waals surface area contributed by atoms with Gasteiger partial charge < -0.3 is 11.1 Å². The molecule has 0 spiro atoms. The minimum atomic E-state index is -0.210. The molecule has 2 rings (SSSR count). The Balaban J connectivity index is 1.82. The van der Waals surface area contributed by atoms with Crippen LogP contribution in [0.4, 0.5) is 5.69 Å². The Morgan fingerprint density at radius 2 is 2.00 bits per heavy atom. The van der Waals surface area contributed by atoms with Crippen molar-refractivity contribution in [3.63, 3.8) is 0 Å². The summed E-state index contributed by atoms with van der Waals surface area (Å²) in [4.78, 5) is 19.4. The summed E-state index contributed by atoms with van der Waals surface area (Å²) in [5.74, 6) is -0.210. The maximum absolute atomic E-state index is 11.7. The zero-order valence-electron chi connectivity index (χ0n) is 9.84.